The van der Waals surface area contributed by atoms with E-state index in [4.69, 9.17) is 23.2 Å². The largest absolute Gasteiger partial charge is 0.291 e. The lowest BCUT2D eigenvalue weighted by Gasteiger charge is -2.17. The average Bonchev–Trinajstić information content (AvgIpc) is 2.31. The maximum atomic E-state index is 6.33. The zero-order valence-electron chi connectivity index (χ0n) is 9.71. The number of alkyl halides is 1. The molecule has 0 bridgehead atoms. The van der Waals surface area contributed by atoms with E-state index >= 15 is 0 Å². The smallest absolute Gasteiger partial charge is 0.0787 e. The molecule has 0 N–H and O–H groups in total. The minimum absolute atomic E-state index is 0.285. The molecule has 0 aliphatic carbocycles. The number of hydrogen-bond acceptors (Lipinski definition) is 1. The lowest BCUT2D eigenvalue weighted by Crippen LogP contribution is -2.20. The van der Waals surface area contributed by atoms with E-state index in [9.17, 15) is 0 Å². The Balaban J connectivity index is 2.57. The van der Waals surface area contributed by atoms with Crippen molar-refractivity contribution in [2.45, 2.75) is 38.1 Å². The van der Waals surface area contributed by atoms with Crippen molar-refractivity contribution in [2.24, 2.45) is 4.99 Å². The first-order valence-corrected chi connectivity index (χ1v) is 6.29. The predicted molar refractivity (Wildman–Crippen MR) is 72.8 cm³/mol. The first-order chi connectivity index (χ1) is 7.59. The van der Waals surface area contributed by atoms with Gasteiger partial charge in [-0.25, -0.2) is 0 Å². The topological polar surface area (TPSA) is 12.4 Å². The van der Waals surface area contributed by atoms with E-state index in [-0.39, 0.29) is 4.87 Å². The van der Waals surface area contributed by atoms with Crippen LogP contribution < -0.4 is 0 Å². The Morgan fingerprint density at radius 3 is 2.25 bits per heavy atom. The van der Waals surface area contributed by atoms with Gasteiger partial charge in [-0.1, -0.05) is 37.6 Å². The van der Waals surface area contributed by atoms with Crippen molar-refractivity contribution in [2.75, 3.05) is 0 Å². The van der Waals surface area contributed by atoms with Crippen LogP contribution in [0.4, 0.5) is 0 Å². The van der Waals surface area contributed by atoms with Gasteiger partial charge in [-0.2, -0.15) is 0 Å². The summed E-state index contributed by atoms with van der Waals surface area (Å²) < 4.78 is 0. The second-order valence-corrected chi connectivity index (χ2v) is 5.03. The molecule has 0 fully saturated rings. The quantitative estimate of drug-likeness (QED) is 0.535. The summed E-state index contributed by atoms with van der Waals surface area (Å²) in [6.45, 7) is 4.81. The highest BCUT2D eigenvalue weighted by Crippen LogP contribution is 2.21. The van der Waals surface area contributed by atoms with Gasteiger partial charge in [0.1, 0.15) is 0 Å². The van der Waals surface area contributed by atoms with E-state index in [2.05, 4.69) is 18.8 Å². The molecule has 16 heavy (non-hydrogen) atoms. The van der Waals surface area contributed by atoms with Crippen molar-refractivity contribution in [3.63, 3.8) is 0 Å². The molecule has 0 unspecified atom stereocenters. The minimum Gasteiger partial charge on any atom is -0.291 e. The van der Waals surface area contributed by atoms with Crippen LogP contribution in [-0.2, 0) is 6.54 Å². The van der Waals surface area contributed by atoms with Gasteiger partial charge in [-0.05, 0) is 30.5 Å². The highest BCUT2D eigenvalue weighted by molar-refractivity contribution is 6.32. The number of benzene rings is 1. The van der Waals surface area contributed by atoms with Crippen molar-refractivity contribution in [3.05, 3.63) is 34.9 Å². The summed E-state index contributed by atoms with van der Waals surface area (Å²) in [6.07, 6.45) is 3.66. The second kappa shape index (κ2) is 6.27. The molecule has 1 aromatic carbocycles. The van der Waals surface area contributed by atoms with Gasteiger partial charge in [0.2, 0.25) is 0 Å². The van der Waals surface area contributed by atoms with Gasteiger partial charge in [-0.15, -0.1) is 11.6 Å². The molecule has 0 saturated heterocycles. The maximum Gasteiger partial charge on any atom is 0.0787 e. The SMILES string of the molecule is CCC(Cl)(C=NCc1ccc(Cl)cc1)CC. The van der Waals surface area contributed by atoms with E-state index in [1.807, 2.05) is 30.5 Å². The first kappa shape index (κ1) is 13.5. The van der Waals surface area contributed by atoms with Crippen LogP contribution in [0.1, 0.15) is 32.3 Å². The van der Waals surface area contributed by atoms with Crippen LogP contribution in [-0.4, -0.2) is 11.1 Å². The summed E-state index contributed by atoms with van der Waals surface area (Å²) >= 11 is 12.1. The highest BCUT2D eigenvalue weighted by atomic mass is 35.5. The molecule has 0 atom stereocenters. The fraction of sp³-hybridized carbons (Fsp3) is 0.462. The Labute approximate surface area is 107 Å². The number of hydrogen-bond donors (Lipinski definition) is 0. The van der Waals surface area contributed by atoms with Crippen molar-refractivity contribution in [3.8, 4) is 0 Å². The Morgan fingerprint density at radius 2 is 1.75 bits per heavy atom. The zero-order valence-corrected chi connectivity index (χ0v) is 11.2. The molecular weight excluding hydrogens is 241 g/mol. The molecule has 0 spiro atoms. The lowest BCUT2D eigenvalue weighted by molar-refractivity contribution is 0.691. The van der Waals surface area contributed by atoms with Crippen LogP contribution in [0.3, 0.4) is 0 Å². The summed E-state index contributed by atoms with van der Waals surface area (Å²) in [6, 6.07) is 7.71. The Morgan fingerprint density at radius 1 is 1.19 bits per heavy atom. The Bertz CT molecular complexity index is 339. The van der Waals surface area contributed by atoms with Crippen molar-refractivity contribution < 1.29 is 0 Å². The van der Waals surface area contributed by atoms with Crippen LogP contribution in [0, 0.1) is 0 Å². The highest BCUT2D eigenvalue weighted by Gasteiger charge is 2.18. The fourth-order valence-corrected chi connectivity index (χ4v) is 1.53. The predicted octanol–water partition coefficient (Wildman–Crippen LogP) is 4.71. The molecule has 1 aromatic rings. The van der Waals surface area contributed by atoms with Crippen molar-refractivity contribution in [1.82, 2.24) is 0 Å². The molecule has 0 aliphatic heterocycles. The third-order valence-corrected chi connectivity index (χ3v) is 3.57. The van der Waals surface area contributed by atoms with Gasteiger partial charge in [0.25, 0.3) is 0 Å². The summed E-state index contributed by atoms with van der Waals surface area (Å²) in [7, 11) is 0. The molecule has 0 aromatic heterocycles. The Hall–Kier alpha value is -0.530. The van der Waals surface area contributed by atoms with E-state index in [1.54, 1.807) is 0 Å². The van der Waals surface area contributed by atoms with E-state index in [0.717, 1.165) is 23.4 Å². The molecule has 0 saturated carbocycles. The monoisotopic (exact) mass is 257 g/mol. The van der Waals surface area contributed by atoms with E-state index < -0.39 is 0 Å². The van der Waals surface area contributed by atoms with Gasteiger partial charge < -0.3 is 0 Å². The van der Waals surface area contributed by atoms with Crippen molar-refractivity contribution in [1.29, 1.82) is 0 Å². The Kier molecular flexibility index (Phi) is 5.30. The number of halogens is 2. The molecule has 0 radical (unpaired) electrons. The summed E-state index contributed by atoms with van der Waals surface area (Å²) in [5, 5.41) is 0.751. The molecule has 0 aliphatic rings. The maximum absolute atomic E-state index is 6.33. The van der Waals surface area contributed by atoms with Crippen LogP contribution in [0.15, 0.2) is 29.3 Å². The summed E-state index contributed by atoms with van der Waals surface area (Å²) in [4.78, 5) is 4.10. The molecular formula is C13H17Cl2N. The molecule has 0 amide bonds. The van der Waals surface area contributed by atoms with Gasteiger partial charge in [0.15, 0.2) is 0 Å². The normalized spacial score (nSPS) is 12.2. The van der Waals surface area contributed by atoms with Gasteiger partial charge >= 0.3 is 0 Å². The fourth-order valence-electron chi connectivity index (χ4n) is 1.34. The summed E-state index contributed by atoms with van der Waals surface area (Å²) in [5.74, 6) is 0. The minimum atomic E-state index is -0.285. The van der Waals surface area contributed by atoms with Crippen LogP contribution in [0.2, 0.25) is 5.02 Å². The van der Waals surface area contributed by atoms with Crippen LogP contribution in [0.5, 0.6) is 0 Å². The summed E-state index contributed by atoms with van der Waals surface area (Å²) in [5.41, 5.74) is 1.15. The van der Waals surface area contributed by atoms with E-state index in [0.29, 0.717) is 6.54 Å². The van der Waals surface area contributed by atoms with Gasteiger partial charge in [-0.3, -0.25) is 4.99 Å². The van der Waals surface area contributed by atoms with E-state index in [1.165, 1.54) is 0 Å². The number of nitrogens with zero attached hydrogens (tertiary/aromatic N) is 1. The lowest BCUT2D eigenvalue weighted by atomic mass is 10.0. The second-order valence-electron chi connectivity index (χ2n) is 3.84. The number of aliphatic imine (C=N–C) groups is 1. The molecule has 0 heterocycles. The van der Waals surface area contributed by atoms with Gasteiger partial charge in [0, 0.05) is 11.2 Å². The standard InChI is InChI=1S/C13H17Cl2N/c1-3-13(15,4-2)10-16-9-11-5-7-12(14)8-6-11/h5-8,10H,3-4,9H2,1-2H3. The third-order valence-electron chi connectivity index (χ3n) is 2.69. The molecule has 1 rings (SSSR count). The molecule has 88 valence electrons. The molecule has 1 nitrogen and oxygen atoms in total. The van der Waals surface area contributed by atoms with Gasteiger partial charge in [0.05, 0.1) is 11.4 Å². The van der Waals surface area contributed by atoms with Crippen LogP contribution >= 0.6 is 23.2 Å². The van der Waals surface area contributed by atoms with Crippen LogP contribution in [0.25, 0.3) is 0 Å². The number of rotatable bonds is 5. The van der Waals surface area contributed by atoms with Crippen molar-refractivity contribution >= 4 is 29.4 Å². The third kappa shape index (κ3) is 4.15. The molecule has 3 heteroatoms. The first-order valence-electron chi connectivity index (χ1n) is 5.54. The zero-order chi connectivity index (χ0) is 12.0. The average molecular weight is 258 g/mol.